The van der Waals surface area contributed by atoms with Gasteiger partial charge in [0.1, 0.15) is 10.8 Å². The second kappa shape index (κ2) is 6.39. The van der Waals surface area contributed by atoms with E-state index in [-0.39, 0.29) is 22.0 Å². The molecule has 0 unspecified atom stereocenters. The van der Waals surface area contributed by atoms with Crippen molar-refractivity contribution in [2.24, 2.45) is 5.84 Å². The lowest BCUT2D eigenvalue weighted by Crippen LogP contribution is -2.33. The van der Waals surface area contributed by atoms with Crippen LogP contribution < -0.4 is 11.2 Å². The molecular formula is C15H12BrClFN5O. The molecule has 0 radical (unpaired) electrons. The Morgan fingerprint density at radius 2 is 2.25 bits per heavy atom. The molecule has 6 nitrogen and oxygen atoms in total. The number of nitrogens with two attached hydrogens (primary N) is 1. The zero-order chi connectivity index (χ0) is 17.4. The highest BCUT2D eigenvalue weighted by Crippen LogP contribution is 2.34. The molecule has 0 spiro atoms. The molecule has 3 N–H and O–H groups in total. The van der Waals surface area contributed by atoms with E-state index in [1.165, 1.54) is 19.2 Å². The van der Waals surface area contributed by atoms with E-state index in [9.17, 15) is 9.18 Å². The Balaban J connectivity index is 2.18. The molecule has 0 bridgehead atoms. The van der Waals surface area contributed by atoms with Crippen LogP contribution in [0.1, 0.15) is 10.4 Å². The molecule has 0 saturated carbocycles. The average Bonchev–Trinajstić information content (AvgIpc) is 3.00. The summed E-state index contributed by atoms with van der Waals surface area (Å²) in [6, 6.07) is 4.51. The number of amides is 1. The third-order valence-electron chi connectivity index (χ3n) is 3.36. The van der Waals surface area contributed by atoms with Crippen LogP contribution in [0, 0.1) is 5.82 Å². The van der Waals surface area contributed by atoms with Gasteiger partial charge >= 0.3 is 0 Å². The molecule has 1 amide bonds. The van der Waals surface area contributed by atoms with E-state index in [2.05, 4.69) is 26.2 Å². The van der Waals surface area contributed by atoms with Crippen LogP contribution in [-0.4, -0.2) is 27.3 Å². The average molecular weight is 413 g/mol. The SMILES string of the molecule is CN(N)C(=O)c1cn2ccnc2c(Cl)c1Nc1ccc(Br)cc1F. The number of pyridine rings is 1. The Bertz CT molecular complexity index is 943. The minimum atomic E-state index is -0.497. The van der Waals surface area contributed by atoms with Crippen LogP contribution in [0.3, 0.4) is 0 Å². The normalized spacial score (nSPS) is 10.9. The maximum atomic E-state index is 14.1. The van der Waals surface area contributed by atoms with Crippen LogP contribution in [0.25, 0.3) is 5.65 Å². The molecular weight excluding hydrogens is 401 g/mol. The van der Waals surface area contributed by atoms with E-state index in [4.69, 9.17) is 17.4 Å². The summed E-state index contributed by atoms with van der Waals surface area (Å²) in [6.45, 7) is 0. The molecule has 1 aromatic carbocycles. The molecule has 2 aromatic heterocycles. The first-order valence-electron chi connectivity index (χ1n) is 6.78. The number of rotatable bonds is 3. The summed E-state index contributed by atoms with van der Waals surface area (Å²) in [6.07, 6.45) is 4.74. The van der Waals surface area contributed by atoms with Gasteiger partial charge in [0, 0.05) is 30.1 Å². The highest BCUT2D eigenvalue weighted by Gasteiger charge is 2.21. The number of anilines is 2. The Labute approximate surface area is 150 Å². The molecule has 3 aromatic rings. The monoisotopic (exact) mass is 411 g/mol. The van der Waals surface area contributed by atoms with Crippen LogP contribution in [-0.2, 0) is 0 Å². The lowest BCUT2D eigenvalue weighted by molar-refractivity contribution is 0.0795. The third kappa shape index (κ3) is 2.95. The molecule has 2 heterocycles. The number of nitrogens with one attached hydrogen (secondary N) is 1. The molecule has 124 valence electrons. The lowest BCUT2D eigenvalue weighted by Gasteiger charge is -2.17. The first-order valence-corrected chi connectivity index (χ1v) is 7.95. The molecule has 0 aliphatic rings. The largest absolute Gasteiger partial charge is 0.351 e. The molecule has 0 saturated heterocycles. The van der Waals surface area contributed by atoms with Crippen molar-refractivity contribution in [2.75, 3.05) is 12.4 Å². The fourth-order valence-electron chi connectivity index (χ4n) is 2.22. The minimum Gasteiger partial charge on any atom is -0.351 e. The number of aromatic nitrogens is 2. The van der Waals surface area contributed by atoms with Crippen molar-refractivity contribution in [3.05, 3.63) is 57.7 Å². The van der Waals surface area contributed by atoms with Crippen molar-refractivity contribution >= 4 is 50.5 Å². The van der Waals surface area contributed by atoms with Gasteiger partial charge in [-0.1, -0.05) is 27.5 Å². The van der Waals surface area contributed by atoms with Gasteiger partial charge in [0.25, 0.3) is 5.91 Å². The van der Waals surface area contributed by atoms with E-state index in [0.29, 0.717) is 10.1 Å². The summed E-state index contributed by atoms with van der Waals surface area (Å²) in [4.78, 5) is 16.5. The second-order valence-corrected chi connectivity index (χ2v) is 6.35. The number of benzene rings is 1. The van der Waals surface area contributed by atoms with Gasteiger partial charge < -0.3 is 9.72 Å². The molecule has 3 rings (SSSR count). The fourth-order valence-corrected chi connectivity index (χ4v) is 2.85. The maximum Gasteiger partial charge on any atom is 0.271 e. The summed E-state index contributed by atoms with van der Waals surface area (Å²) in [5.41, 5.74) is 1.04. The Hall–Kier alpha value is -2.16. The number of carbonyl (C=O) groups excluding carboxylic acids is 1. The Morgan fingerprint density at radius 3 is 2.92 bits per heavy atom. The van der Waals surface area contributed by atoms with Gasteiger partial charge in [0.05, 0.1) is 16.9 Å². The number of imidazole rings is 1. The van der Waals surface area contributed by atoms with Crippen molar-refractivity contribution in [1.82, 2.24) is 14.4 Å². The number of carbonyl (C=O) groups is 1. The predicted molar refractivity (Wildman–Crippen MR) is 93.9 cm³/mol. The van der Waals surface area contributed by atoms with Crippen molar-refractivity contribution in [2.45, 2.75) is 0 Å². The van der Waals surface area contributed by atoms with Gasteiger partial charge in [-0.2, -0.15) is 0 Å². The summed E-state index contributed by atoms with van der Waals surface area (Å²) < 4.78 is 16.3. The summed E-state index contributed by atoms with van der Waals surface area (Å²) >= 11 is 9.58. The molecule has 24 heavy (non-hydrogen) atoms. The van der Waals surface area contributed by atoms with Gasteiger partial charge in [-0.05, 0) is 18.2 Å². The Kier molecular flexibility index (Phi) is 4.44. The first-order chi connectivity index (χ1) is 11.4. The van der Waals surface area contributed by atoms with E-state index in [1.807, 2.05) is 0 Å². The van der Waals surface area contributed by atoms with E-state index >= 15 is 0 Å². The van der Waals surface area contributed by atoms with E-state index < -0.39 is 11.7 Å². The number of hydrazine groups is 1. The zero-order valence-electron chi connectivity index (χ0n) is 12.4. The summed E-state index contributed by atoms with van der Waals surface area (Å²) in [5, 5.41) is 3.99. The molecule has 0 aliphatic carbocycles. The minimum absolute atomic E-state index is 0.171. The van der Waals surface area contributed by atoms with Crippen molar-refractivity contribution in [1.29, 1.82) is 0 Å². The maximum absolute atomic E-state index is 14.1. The lowest BCUT2D eigenvalue weighted by atomic mass is 10.2. The van der Waals surface area contributed by atoms with Crippen LogP contribution in [0.4, 0.5) is 15.8 Å². The van der Waals surface area contributed by atoms with Gasteiger partial charge in [0.2, 0.25) is 0 Å². The molecule has 9 heteroatoms. The zero-order valence-corrected chi connectivity index (χ0v) is 14.8. The van der Waals surface area contributed by atoms with Crippen molar-refractivity contribution in [3.63, 3.8) is 0 Å². The molecule has 0 atom stereocenters. The van der Waals surface area contributed by atoms with Crippen molar-refractivity contribution < 1.29 is 9.18 Å². The van der Waals surface area contributed by atoms with Crippen molar-refractivity contribution in [3.8, 4) is 0 Å². The fraction of sp³-hybridized carbons (Fsp3) is 0.0667. The van der Waals surface area contributed by atoms with Gasteiger partial charge in [-0.25, -0.2) is 15.2 Å². The second-order valence-electron chi connectivity index (χ2n) is 5.06. The quantitative estimate of drug-likeness (QED) is 0.392. The summed E-state index contributed by atoms with van der Waals surface area (Å²) in [7, 11) is 1.42. The highest BCUT2D eigenvalue weighted by atomic mass is 79.9. The third-order valence-corrected chi connectivity index (χ3v) is 4.21. The molecule has 0 fully saturated rings. The highest BCUT2D eigenvalue weighted by molar-refractivity contribution is 9.10. The van der Waals surface area contributed by atoms with Crippen LogP contribution in [0.5, 0.6) is 0 Å². The number of hydrogen-bond donors (Lipinski definition) is 2. The van der Waals surface area contributed by atoms with Crippen LogP contribution in [0.15, 0.2) is 41.3 Å². The van der Waals surface area contributed by atoms with Gasteiger partial charge in [0.15, 0.2) is 5.65 Å². The van der Waals surface area contributed by atoms with E-state index in [0.717, 1.165) is 5.01 Å². The number of nitrogens with zero attached hydrogens (tertiary/aromatic N) is 3. The number of halogens is 3. The van der Waals surface area contributed by atoms with Gasteiger partial charge in [-0.3, -0.25) is 9.80 Å². The van der Waals surface area contributed by atoms with E-state index in [1.54, 1.807) is 29.1 Å². The first kappa shape index (κ1) is 16.7. The van der Waals surface area contributed by atoms with Crippen LogP contribution >= 0.6 is 27.5 Å². The smallest absolute Gasteiger partial charge is 0.271 e. The standard InChI is InChI=1S/C15H12BrClFN5O/c1-22(19)15(24)9-7-23-5-4-20-14(23)12(17)13(9)21-11-3-2-8(16)6-10(11)18/h2-7,21H,19H2,1H3. The Morgan fingerprint density at radius 1 is 1.50 bits per heavy atom. The topological polar surface area (TPSA) is 75.7 Å². The number of hydrogen-bond acceptors (Lipinski definition) is 4. The van der Waals surface area contributed by atoms with Gasteiger partial charge in [-0.15, -0.1) is 0 Å². The summed E-state index contributed by atoms with van der Waals surface area (Å²) in [5.74, 6) is 4.58. The number of fused-ring (bicyclic) bond motifs is 1. The van der Waals surface area contributed by atoms with Crippen LogP contribution in [0.2, 0.25) is 5.02 Å². The molecule has 0 aliphatic heterocycles. The predicted octanol–water partition coefficient (Wildman–Crippen LogP) is 3.58.